The first-order chi connectivity index (χ1) is 14.7. The van der Waals surface area contributed by atoms with Crippen LogP contribution < -0.4 is 5.32 Å². The Hall–Kier alpha value is -2.82. The summed E-state index contributed by atoms with van der Waals surface area (Å²) in [7, 11) is -3.64. The summed E-state index contributed by atoms with van der Waals surface area (Å²) < 4.78 is 40.9. The van der Waals surface area contributed by atoms with Gasteiger partial charge in [0.25, 0.3) is 0 Å². The van der Waals surface area contributed by atoms with E-state index < -0.39 is 21.6 Å². The van der Waals surface area contributed by atoms with Crippen LogP contribution in [-0.4, -0.2) is 34.8 Å². The first kappa shape index (κ1) is 21.4. The van der Waals surface area contributed by atoms with Crippen LogP contribution in [0.3, 0.4) is 0 Å². The second kappa shape index (κ2) is 8.37. The van der Waals surface area contributed by atoms with Gasteiger partial charge in [-0.3, -0.25) is 4.79 Å². The number of para-hydroxylation sites is 1. The Kier molecular flexibility index (Phi) is 5.78. The third-order valence-corrected chi connectivity index (χ3v) is 7.39. The van der Waals surface area contributed by atoms with E-state index in [1.54, 1.807) is 25.1 Å². The molecule has 0 aliphatic rings. The molecule has 0 radical (unpaired) electrons. The van der Waals surface area contributed by atoms with Gasteiger partial charge >= 0.3 is 0 Å². The van der Waals surface area contributed by atoms with Crippen molar-refractivity contribution in [3.8, 4) is 5.13 Å². The van der Waals surface area contributed by atoms with Gasteiger partial charge in [-0.1, -0.05) is 29.0 Å². The van der Waals surface area contributed by atoms with E-state index in [-0.39, 0.29) is 22.6 Å². The molecule has 0 saturated carbocycles. The van der Waals surface area contributed by atoms with Crippen molar-refractivity contribution in [1.29, 1.82) is 0 Å². The van der Waals surface area contributed by atoms with E-state index in [0.29, 0.717) is 26.4 Å². The molecule has 0 atom stereocenters. The molecule has 1 amide bonds. The van der Waals surface area contributed by atoms with Crippen LogP contribution >= 0.6 is 22.9 Å². The van der Waals surface area contributed by atoms with Gasteiger partial charge in [0.1, 0.15) is 17.2 Å². The zero-order valence-corrected chi connectivity index (χ0v) is 18.6. The van der Waals surface area contributed by atoms with Crippen LogP contribution in [0.15, 0.2) is 53.4 Å². The Balaban J connectivity index is 1.51. The highest BCUT2D eigenvalue weighted by Crippen LogP contribution is 2.28. The Morgan fingerprint density at radius 3 is 2.68 bits per heavy atom. The predicted octanol–water partition coefficient (Wildman–Crippen LogP) is 4.39. The standard InChI is InChI=1S/C20H16ClFN4O3S2/c1-12-11-17(26(25-12)20-24-19-15(22)3-2-4-16(19)30-20)23-18(27)9-10-31(28,29)14-7-5-13(21)6-8-14/h2-8,11H,9-10H2,1H3,(H,23,27). The Bertz CT molecular complexity index is 1380. The van der Waals surface area contributed by atoms with E-state index in [4.69, 9.17) is 11.6 Å². The summed E-state index contributed by atoms with van der Waals surface area (Å²) in [5.74, 6) is -0.973. The monoisotopic (exact) mass is 478 g/mol. The second-order valence-electron chi connectivity index (χ2n) is 6.74. The van der Waals surface area contributed by atoms with E-state index in [1.807, 2.05) is 0 Å². The number of nitrogens with zero attached hydrogens (tertiary/aromatic N) is 3. The minimum Gasteiger partial charge on any atom is -0.310 e. The number of carbonyl (C=O) groups excluding carboxylic acids is 1. The average molecular weight is 479 g/mol. The number of carbonyl (C=O) groups is 1. The number of thiazole rings is 1. The number of fused-ring (bicyclic) bond motifs is 1. The Morgan fingerprint density at radius 1 is 1.23 bits per heavy atom. The lowest BCUT2D eigenvalue weighted by atomic mass is 10.3. The normalized spacial score (nSPS) is 11.7. The van der Waals surface area contributed by atoms with Crippen LogP contribution in [0.2, 0.25) is 5.02 Å². The van der Waals surface area contributed by atoms with Gasteiger partial charge in [0.2, 0.25) is 11.0 Å². The molecule has 0 spiro atoms. The number of aryl methyl sites for hydroxylation is 1. The van der Waals surface area contributed by atoms with E-state index in [9.17, 15) is 17.6 Å². The third-order valence-electron chi connectivity index (χ3n) is 4.41. The highest BCUT2D eigenvalue weighted by molar-refractivity contribution is 7.91. The first-order valence-corrected chi connectivity index (χ1v) is 12.0. The number of halogens is 2. The van der Waals surface area contributed by atoms with Crippen LogP contribution in [0.5, 0.6) is 0 Å². The lowest BCUT2D eigenvalue weighted by Crippen LogP contribution is -2.19. The Labute approximate surface area is 186 Å². The van der Waals surface area contributed by atoms with Gasteiger partial charge in [-0.15, -0.1) is 0 Å². The predicted molar refractivity (Wildman–Crippen MR) is 118 cm³/mol. The van der Waals surface area contributed by atoms with Crippen molar-refractivity contribution < 1.29 is 17.6 Å². The van der Waals surface area contributed by atoms with Gasteiger partial charge in [-0.25, -0.2) is 17.8 Å². The topological polar surface area (TPSA) is 94.0 Å². The summed E-state index contributed by atoms with van der Waals surface area (Å²) in [6.07, 6.45) is -0.246. The molecule has 4 aromatic rings. The summed E-state index contributed by atoms with van der Waals surface area (Å²) >= 11 is 7.02. The molecule has 0 bridgehead atoms. The molecule has 0 saturated heterocycles. The first-order valence-electron chi connectivity index (χ1n) is 9.13. The lowest BCUT2D eigenvalue weighted by Gasteiger charge is -2.07. The van der Waals surface area contributed by atoms with Gasteiger partial charge in [0.05, 0.1) is 21.0 Å². The van der Waals surface area contributed by atoms with Crippen molar-refractivity contribution in [1.82, 2.24) is 14.8 Å². The average Bonchev–Trinajstić information content (AvgIpc) is 3.31. The maximum atomic E-state index is 14.0. The summed E-state index contributed by atoms with van der Waals surface area (Å²) in [5.41, 5.74) is 0.839. The van der Waals surface area contributed by atoms with Crippen molar-refractivity contribution in [3.63, 3.8) is 0 Å². The number of sulfone groups is 1. The molecule has 160 valence electrons. The molecule has 0 aliphatic heterocycles. The number of rotatable bonds is 6. The highest BCUT2D eigenvalue weighted by Gasteiger charge is 2.19. The molecule has 0 unspecified atom stereocenters. The van der Waals surface area contributed by atoms with Crippen LogP contribution in [0.1, 0.15) is 12.1 Å². The fourth-order valence-electron chi connectivity index (χ4n) is 2.92. The molecule has 2 aromatic carbocycles. The largest absolute Gasteiger partial charge is 0.310 e. The lowest BCUT2D eigenvalue weighted by molar-refractivity contribution is -0.115. The summed E-state index contributed by atoms with van der Waals surface area (Å²) in [6, 6.07) is 12.1. The van der Waals surface area contributed by atoms with Crippen molar-refractivity contribution in [2.75, 3.05) is 11.1 Å². The fourth-order valence-corrected chi connectivity index (χ4v) is 5.23. The van der Waals surface area contributed by atoms with E-state index in [0.717, 1.165) is 0 Å². The number of hydrogen-bond donors (Lipinski definition) is 1. The van der Waals surface area contributed by atoms with Crippen molar-refractivity contribution in [3.05, 3.63) is 65.1 Å². The van der Waals surface area contributed by atoms with Gasteiger partial charge in [-0.05, 0) is 43.3 Å². The van der Waals surface area contributed by atoms with Gasteiger partial charge < -0.3 is 5.32 Å². The van der Waals surface area contributed by atoms with E-state index in [1.165, 1.54) is 46.4 Å². The van der Waals surface area contributed by atoms with Crippen LogP contribution in [0, 0.1) is 12.7 Å². The molecule has 1 N–H and O–H groups in total. The fraction of sp³-hybridized carbons (Fsp3) is 0.150. The van der Waals surface area contributed by atoms with Gasteiger partial charge in [-0.2, -0.15) is 9.78 Å². The smallest absolute Gasteiger partial charge is 0.226 e. The highest BCUT2D eigenvalue weighted by atomic mass is 35.5. The number of aromatic nitrogens is 3. The van der Waals surface area contributed by atoms with Crippen molar-refractivity contribution in [2.24, 2.45) is 0 Å². The minimum atomic E-state index is -3.64. The number of anilines is 1. The molecular weight excluding hydrogens is 463 g/mol. The molecule has 2 aromatic heterocycles. The second-order valence-corrected chi connectivity index (χ2v) is 10.3. The number of benzene rings is 2. The van der Waals surface area contributed by atoms with E-state index >= 15 is 0 Å². The van der Waals surface area contributed by atoms with Gasteiger partial charge in [0, 0.05) is 17.5 Å². The molecule has 4 rings (SSSR count). The molecule has 0 aliphatic carbocycles. The molecular formula is C20H16ClFN4O3S2. The summed E-state index contributed by atoms with van der Waals surface area (Å²) in [6.45, 7) is 1.74. The van der Waals surface area contributed by atoms with Crippen molar-refractivity contribution >= 4 is 54.7 Å². The third kappa shape index (κ3) is 4.60. The quantitative estimate of drug-likeness (QED) is 0.443. The molecule has 31 heavy (non-hydrogen) atoms. The summed E-state index contributed by atoms with van der Waals surface area (Å²) in [4.78, 5) is 16.8. The minimum absolute atomic E-state index is 0.0992. The maximum absolute atomic E-state index is 14.0. The zero-order valence-electron chi connectivity index (χ0n) is 16.2. The number of amides is 1. The zero-order chi connectivity index (χ0) is 22.2. The Morgan fingerprint density at radius 2 is 1.97 bits per heavy atom. The maximum Gasteiger partial charge on any atom is 0.226 e. The number of hydrogen-bond acceptors (Lipinski definition) is 6. The SMILES string of the molecule is Cc1cc(NC(=O)CCS(=O)(=O)c2ccc(Cl)cc2)n(-c2nc3c(F)cccc3s2)n1. The molecule has 11 heteroatoms. The van der Waals surface area contributed by atoms with Crippen LogP contribution in [0.25, 0.3) is 15.3 Å². The van der Waals surface area contributed by atoms with Crippen LogP contribution in [-0.2, 0) is 14.6 Å². The van der Waals surface area contributed by atoms with Gasteiger partial charge in [0.15, 0.2) is 9.84 Å². The number of nitrogens with one attached hydrogen (secondary N) is 1. The van der Waals surface area contributed by atoms with Crippen LogP contribution in [0.4, 0.5) is 10.2 Å². The van der Waals surface area contributed by atoms with E-state index in [2.05, 4.69) is 15.4 Å². The molecule has 0 fully saturated rings. The molecule has 2 heterocycles. The van der Waals surface area contributed by atoms with Crippen molar-refractivity contribution in [2.45, 2.75) is 18.2 Å². The molecule has 7 nitrogen and oxygen atoms in total. The summed E-state index contributed by atoms with van der Waals surface area (Å²) in [5, 5.41) is 7.80.